The quantitative estimate of drug-likeness (QED) is 0.693. The van der Waals surface area contributed by atoms with Crippen molar-refractivity contribution in [3.8, 4) is 0 Å². The Morgan fingerprint density at radius 2 is 1.85 bits per heavy atom. The van der Waals surface area contributed by atoms with Crippen LogP contribution in [-0.2, 0) is 16.4 Å². The fourth-order valence-electron chi connectivity index (χ4n) is 2.97. The minimum Gasteiger partial charge on any atom is -0.361 e. The third-order valence-electron chi connectivity index (χ3n) is 4.48. The molecule has 1 aliphatic heterocycles. The number of rotatable bonds is 7. The van der Waals surface area contributed by atoms with Gasteiger partial charge in [0.1, 0.15) is 0 Å². The molecule has 1 aliphatic rings. The van der Waals surface area contributed by atoms with Gasteiger partial charge in [0.05, 0.1) is 4.90 Å². The van der Waals surface area contributed by atoms with E-state index in [1.807, 2.05) is 12.1 Å². The summed E-state index contributed by atoms with van der Waals surface area (Å²) in [5, 5.41) is 12.7. The third-order valence-corrected chi connectivity index (χ3v) is 5.88. The second-order valence-electron chi connectivity index (χ2n) is 6.42. The monoisotopic (exact) mass is 375 g/mol. The predicted molar refractivity (Wildman–Crippen MR) is 104 cm³/mol. The molecule has 1 fully saturated rings. The lowest BCUT2D eigenvalue weighted by atomic mass is 10.1. The molecule has 0 spiro atoms. The molecule has 0 radical (unpaired) electrons. The summed E-state index contributed by atoms with van der Waals surface area (Å²) in [5.41, 5.74) is 2.53. The number of nitrogens with one attached hydrogen (secondary N) is 2. The lowest BCUT2D eigenvalue weighted by Crippen LogP contribution is -2.35. The summed E-state index contributed by atoms with van der Waals surface area (Å²) in [4.78, 5) is 1.97. The van der Waals surface area contributed by atoms with Crippen molar-refractivity contribution in [3.63, 3.8) is 0 Å². The number of nitrogens with zero attached hydrogens (tertiary/aromatic N) is 1. The fourth-order valence-corrected chi connectivity index (χ4v) is 4.03. The Labute approximate surface area is 154 Å². The van der Waals surface area contributed by atoms with E-state index in [9.17, 15) is 13.5 Å². The minimum atomic E-state index is -3.64. The van der Waals surface area contributed by atoms with Crippen molar-refractivity contribution in [3.05, 3.63) is 54.1 Å². The average molecular weight is 375 g/mol. The van der Waals surface area contributed by atoms with Crippen molar-refractivity contribution in [1.82, 2.24) is 5.32 Å². The molecule has 26 heavy (non-hydrogen) atoms. The normalized spacial score (nSPS) is 17.5. The van der Waals surface area contributed by atoms with E-state index in [0.29, 0.717) is 18.8 Å². The van der Waals surface area contributed by atoms with Crippen LogP contribution in [0.1, 0.15) is 25.3 Å². The van der Waals surface area contributed by atoms with Crippen molar-refractivity contribution in [1.29, 1.82) is 0 Å². The number of hydrogen-bond donors (Lipinski definition) is 3. The molecule has 7 heteroatoms. The van der Waals surface area contributed by atoms with Crippen molar-refractivity contribution >= 4 is 21.4 Å². The van der Waals surface area contributed by atoms with Crippen LogP contribution in [0.5, 0.6) is 0 Å². The largest absolute Gasteiger partial charge is 0.361 e. The van der Waals surface area contributed by atoms with Gasteiger partial charge in [-0.3, -0.25) is 10.0 Å². The van der Waals surface area contributed by atoms with E-state index < -0.39 is 16.4 Å². The molecule has 1 unspecified atom stereocenters. The lowest BCUT2D eigenvalue weighted by Gasteiger charge is -2.21. The Morgan fingerprint density at radius 3 is 2.42 bits per heavy atom. The second kappa shape index (κ2) is 8.07. The summed E-state index contributed by atoms with van der Waals surface area (Å²) in [6.07, 6.45) is 2.53. The van der Waals surface area contributed by atoms with E-state index in [4.69, 9.17) is 0 Å². The number of anilines is 2. The first-order chi connectivity index (χ1) is 12.5. The zero-order valence-corrected chi connectivity index (χ0v) is 15.7. The van der Waals surface area contributed by atoms with Gasteiger partial charge in [-0.05, 0) is 54.8 Å². The Kier molecular flexibility index (Phi) is 5.80. The molecular weight excluding hydrogens is 350 g/mol. The maximum Gasteiger partial charge on any atom is 0.261 e. The number of sulfonamides is 1. The SMILES string of the molecule is CCCCc1ccc(NS(=O)(=O)c2ccc(N3CCNC3O)cc2)cc1. The first-order valence-electron chi connectivity index (χ1n) is 8.89. The molecule has 3 rings (SSSR count). The molecular formula is C19H25N3O3S. The summed E-state index contributed by atoms with van der Waals surface area (Å²) < 4.78 is 27.8. The Balaban J connectivity index is 1.69. The Bertz CT molecular complexity index is 820. The summed E-state index contributed by atoms with van der Waals surface area (Å²) in [7, 11) is -3.64. The molecule has 0 aromatic heterocycles. The maximum absolute atomic E-state index is 12.6. The summed E-state index contributed by atoms with van der Waals surface area (Å²) in [6.45, 7) is 3.52. The van der Waals surface area contributed by atoms with Crippen molar-refractivity contribution in [2.45, 2.75) is 37.4 Å². The Morgan fingerprint density at radius 1 is 1.15 bits per heavy atom. The van der Waals surface area contributed by atoms with Crippen molar-refractivity contribution in [2.24, 2.45) is 0 Å². The van der Waals surface area contributed by atoms with Crippen LogP contribution < -0.4 is 14.9 Å². The first-order valence-corrected chi connectivity index (χ1v) is 10.4. The molecule has 0 amide bonds. The van der Waals surface area contributed by atoms with Crippen LogP contribution in [0.4, 0.5) is 11.4 Å². The van der Waals surface area contributed by atoms with Gasteiger partial charge in [0.2, 0.25) is 0 Å². The van der Waals surface area contributed by atoms with Gasteiger partial charge in [-0.1, -0.05) is 25.5 Å². The molecule has 2 aromatic rings. The topological polar surface area (TPSA) is 81.7 Å². The van der Waals surface area contributed by atoms with E-state index >= 15 is 0 Å². The van der Waals surface area contributed by atoms with E-state index in [1.165, 1.54) is 5.56 Å². The zero-order chi connectivity index (χ0) is 18.6. The molecule has 6 nitrogen and oxygen atoms in total. The van der Waals surface area contributed by atoms with Gasteiger partial charge in [-0.15, -0.1) is 0 Å². The maximum atomic E-state index is 12.6. The van der Waals surface area contributed by atoms with E-state index in [1.54, 1.807) is 41.3 Å². The molecule has 3 N–H and O–H groups in total. The van der Waals surface area contributed by atoms with Crippen LogP contribution in [0.15, 0.2) is 53.4 Å². The molecule has 1 saturated heterocycles. The summed E-state index contributed by atoms with van der Waals surface area (Å²) in [5.74, 6) is 0. The summed E-state index contributed by atoms with van der Waals surface area (Å²) in [6, 6.07) is 14.0. The lowest BCUT2D eigenvalue weighted by molar-refractivity contribution is 0.163. The molecule has 0 bridgehead atoms. The number of aryl methyl sites for hydroxylation is 1. The number of aliphatic hydroxyl groups excluding tert-OH is 1. The Hall–Kier alpha value is -2.09. The smallest absolute Gasteiger partial charge is 0.261 e. The van der Waals surface area contributed by atoms with Gasteiger partial charge in [0, 0.05) is 24.5 Å². The van der Waals surface area contributed by atoms with E-state index in [-0.39, 0.29) is 4.90 Å². The van der Waals surface area contributed by atoms with Crippen molar-refractivity contribution in [2.75, 3.05) is 22.7 Å². The molecule has 2 aromatic carbocycles. The molecule has 0 saturated carbocycles. The van der Waals surface area contributed by atoms with Crippen LogP contribution in [0.25, 0.3) is 0 Å². The highest BCUT2D eigenvalue weighted by Crippen LogP contribution is 2.22. The molecule has 1 heterocycles. The number of benzene rings is 2. The molecule has 0 aliphatic carbocycles. The highest BCUT2D eigenvalue weighted by molar-refractivity contribution is 7.92. The van der Waals surface area contributed by atoms with Gasteiger partial charge in [-0.2, -0.15) is 0 Å². The van der Waals surface area contributed by atoms with E-state index in [0.717, 1.165) is 24.9 Å². The van der Waals surface area contributed by atoms with Gasteiger partial charge >= 0.3 is 0 Å². The third kappa shape index (κ3) is 4.35. The summed E-state index contributed by atoms with van der Waals surface area (Å²) >= 11 is 0. The van der Waals surface area contributed by atoms with Gasteiger partial charge in [0.15, 0.2) is 6.35 Å². The number of unbranched alkanes of at least 4 members (excludes halogenated alkanes) is 1. The van der Waals surface area contributed by atoms with Crippen LogP contribution in [0.2, 0.25) is 0 Å². The standard InChI is InChI=1S/C19H25N3O3S/c1-2-3-4-15-5-7-16(8-6-15)21-26(24,25)18-11-9-17(10-12-18)22-14-13-20-19(22)23/h5-12,19-21,23H,2-4,13-14H2,1H3. The average Bonchev–Trinajstić information content (AvgIpc) is 3.07. The van der Waals surface area contributed by atoms with Crippen LogP contribution in [0.3, 0.4) is 0 Å². The zero-order valence-electron chi connectivity index (χ0n) is 14.9. The second-order valence-corrected chi connectivity index (χ2v) is 8.10. The van der Waals surface area contributed by atoms with Gasteiger partial charge in [0.25, 0.3) is 10.0 Å². The van der Waals surface area contributed by atoms with Crippen LogP contribution in [0, 0.1) is 0 Å². The first kappa shape index (κ1) is 18.7. The number of hydrogen-bond acceptors (Lipinski definition) is 5. The highest BCUT2D eigenvalue weighted by atomic mass is 32.2. The van der Waals surface area contributed by atoms with Gasteiger partial charge in [-0.25, -0.2) is 8.42 Å². The van der Waals surface area contributed by atoms with Gasteiger partial charge < -0.3 is 10.0 Å². The predicted octanol–water partition coefficient (Wildman–Crippen LogP) is 2.52. The fraction of sp³-hybridized carbons (Fsp3) is 0.368. The van der Waals surface area contributed by atoms with Crippen molar-refractivity contribution < 1.29 is 13.5 Å². The molecule has 1 atom stereocenters. The highest BCUT2D eigenvalue weighted by Gasteiger charge is 2.22. The number of aliphatic hydroxyl groups is 1. The van der Waals surface area contributed by atoms with Crippen LogP contribution in [-0.4, -0.2) is 33.0 Å². The van der Waals surface area contributed by atoms with E-state index in [2.05, 4.69) is 17.0 Å². The minimum absolute atomic E-state index is 0.193. The van der Waals surface area contributed by atoms with Crippen LogP contribution >= 0.6 is 0 Å². The molecule has 140 valence electrons.